The van der Waals surface area contributed by atoms with E-state index in [1.165, 1.54) is 12.2 Å². The average Bonchev–Trinajstić information content (AvgIpc) is 2.15. The van der Waals surface area contributed by atoms with Crippen molar-refractivity contribution >= 4 is 12.2 Å². The van der Waals surface area contributed by atoms with Gasteiger partial charge in [-0.25, -0.2) is 9.59 Å². The fourth-order valence-corrected chi connectivity index (χ4v) is 1.82. The monoisotopic (exact) mass is 174 g/mol. The molecule has 2 unspecified atom stereocenters. The third-order valence-electron chi connectivity index (χ3n) is 2.44. The highest BCUT2D eigenvalue weighted by Crippen LogP contribution is 2.46. The molecule has 3 rings (SSSR count). The number of isocyanates is 2. The van der Waals surface area contributed by atoms with Crippen LogP contribution in [-0.2, 0) is 9.59 Å². The summed E-state index contributed by atoms with van der Waals surface area (Å²) in [5, 5.41) is 0. The lowest BCUT2D eigenvalue weighted by Crippen LogP contribution is -2.50. The van der Waals surface area contributed by atoms with Crippen molar-refractivity contribution in [2.45, 2.75) is 18.0 Å². The van der Waals surface area contributed by atoms with Crippen LogP contribution in [0.5, 0.6) is 0 Å². The minimum Gasteiger partial charge on any atom is -0.211 e. The predicted molar refractivity (Wildman–Crippen MR) is 44.6 cm³/mol. The minimum absolute atomic E-state index is 0.323. The summed E-state index contributed by atoms with van der Waals surface area (Å²) in [5.74, 6) is 0. The Labute approximate surface area is 74.4 Å². The first-order valence-corrected chi connectivity index (χ1v) is 3.87. The van der Waals surface area contributed by atoms with Crippen LogP contribution < -0.4 is 0 Å². The van der Waals surface area contributed by atoms with Crippen molar-refractivity contribution in [3.05, 3.63) is 23.8 Å². The van der Waals surface area contributed by atoms with E-state index >= 15 is 0 Å². The number of fused-ring (bicyclic) bond motifs is 1. The number of nitrogens with zero attached hydrogens (tertiary/aromatic N) is 2. The number of rotatable bonds is 2. The maximum atomic E-state index is 10.2. The van der Waals surface area contributed by atoms with E-state index in [4.69, 9.17) is 0 Å². The third-order valence-corrected chi connectivity index (χ3v) is 2.44. The highest BCUT2D eigenvalue weighted by atomic mass is 16.1. The van der Waals surface area contributed by atoms with Crippen LogP contribution in [0.4, 0.5) is 0 Å². The third kappa shape index (κ3) is 0.937. The first-order valence-electron chi connectivity index (χ1n) is 3.87. The molecule has 0 heterocycles. The molecule has 1 fully saturated rings. The first kappa shape index (κ1) is 7.87. The maximum absolute atomic E-state index is 10.2. The summed E-state index contributed by atoms with van der Waals surface area (Å²) in [4.78, 5) is 27.6. The van der Waals surface area contributed by atoms with Crippen molar-refractivity contribution in [1.29, 1.82) is 0 Å². The summed E-state index contributed by atoms with van der Waals surface area (Å²) in [7, 11) is 0. The molecule has 0 aromatic carbocycles. The second kappa shape index (κ2) is 2.63. The molecule has 0 aromatic rings. The lowest BCUT2D eigenvalue weighted by molar-refractivity contribution is 0.351. The van der Waals surface area contributed by atoms with Crippen LogP contribution >= 0.6 is 0 Å². The molecule has 1 saturated carbocycles. The van der Waals surface area contributed by atoms with Gasteiger partial charge in [0, 0.05) is 6.42 Å². The van der Waals surface area contributed by atoms with Gasteiger partial charge in [0.25, 0.3) is 0 Å². The molecule has 2 bridgehead atoms. The van der Waals surface area contributed by atoms with Crippen LogP contribution in [0.15, 0.2) is 33.8 Å². The van der Waals surface area contributed by atoms with E-state index in [-0.39, 0.29) is 6.04 Å². The zero-order valence-corrected chi connectivity index (χ0v) is 6.73. The minimum atomic E-state index is -0.636. The SMILES string of the molecule is O=C=NC1C2=CC=CC1(N=C=O)C2. The molecule has 13 heavy (non-hydrogen) atoms. The molecule has 4 nitrogen and oxygen atoms in total. The van der Waals surface area contributed by atoms with Gasteiger partial charge in [-0.3, -0.25) is 0 Å². The first-order chi connectivity index (χ1) is 6.32. The van der Waals surface area contributed by atoms with Gasteiger partial charge >= 0.3 is 0 Å². The Kier molecular flexibility index (Phi) is 1.59. The largest absolute Gasteiger partial charge is 0.235 e. The fourth-order valence-electron chi connectivity index (χ4n) is 1.82. The summed E-state index contributed by atoms with van der Waals surface area (Å²) in [6, 6.07) is -0.323. The Morgan fingerprint density at radius 2 is 2.31 bits per heavy atom. The second-order valence-electron chi connectivity index (χ2n) is 3.09. The number of carbonyl (C=O) groups excluding carboxylic acids is 2. The van der Waals surface area contributed by atoms with Crippen LogP contribution in [0.3, 0.4) is 0 Å². The van der Waals surface area contributed by atoms with Crippen LogP contribution in [0.25, 0.3) is 0 Å². The highest BCUT2D eigenvalue weighted by molar-refractivity contribution is 5.52. The fraction of sp³-hybridized carbons (Fsp3) is 0.333. The predicted octanol–water partition coefficient (Wildman–Crippen LogP) is 0.665. The Morgan fingerprint density at radius 1 is 1.46 bits per heavy atom. The summed E-state index contributed by atoms with van der Waals surface area (Å²) >= 11 is 0. The van der Waals surface area contributed by atoms with Gasteiger partial charge in [-0.1, -0.05) is 18.2 Å². The van der Waals surface area contributed by atoms with E-state index < -0.39 is 5.54 Å². The van der Waals surface area contributed by atoms with Gasteiger partial charge in [0.2, 0.25) is 12.2 Å². The van der Waals surface area contributed by atoms with E-state index in [2.05, 4.69) is 9.98 Å². The summed E-state index contributed by atoms with van der Waals surface area (Å²) in [6.07, 6.45) is 9.14. The Hall–Kier alpha value is -1.76. The molecule has 4 heteroatoms. The molecule has 0 radical (unpaired) electrons. The molecule has 0 saturated heterocycles. The number of hydrogen-bond donors (Lipinski definition) is 0. The van der Waals surface area contributed by atoms with Gasteiger partial charge in [-0.15, -0.1) is 0 Å². The van der Waals surface area contributed by atoms with E-state index in [0.29, 0.717) is 6.42 Å². The van der Waals surface area contributed by atoms with Gasteiger partial charge in [-0.05, 0) is 5.57 Å². The number of allylic oxidation sites excluding steroid dienone is 2. The van der Waals surface area contributed by atoms with Gasteiger partial charge in [-0.2, -0.15) is 9.98 Å². The van der Waals surface area contributed by atoms with E-state index in [1.807, 2.05) is 12.2 Å². The summed E-state index contributed by atoms with van der Waals surface area (Å²) in [5.41, 5.74) is 0.383. The van der Waals surface area contributed by atoms with Crippen LogP contribution in [-0.4, -0.2) is 23.7 Å². The summed E-state index contributed by atoms with van der Waals surface area (Å²) in [6.45, 7) is 0. The Balaban J connectivity index is 2.40. The molecule has 0 aliphatic heterocycles. The van der Waals surface area contributed by atoms with Gasteiger partial charge in [0.1, 0.15) is 11.6 Å². The molecule has 2 atom stereocenters. The zero-order chi connectivity index (χ0) is 9.31. The van der Waals surface area contributed by atoms with Crippen LogP contribution in [0.2, 0.25) is 0 Å². The molecule has 0 aromatic heterocycles. The lowest BCUT2D eigenvalue weighted by atomic mass is 9.65. The molecule has 0 spiro atoms. The van der Waals surface area contributed by atoms with Gasteiger partial charge in [0.05, 0.1) is 0 Å². The smallest absolute Gasteiger partial charge is 0.211 e. The highest BCUT2D eigenvalue weighted by Gasteiger charge is 2.51. The van der Waals surface area contributed by atoms with Gasteiger partial charge < -0.3 is 0 Å². The van der Waals surface area contributed by atoms with E-state index in [0.717, 1.165) is 5.57 Å². The maximum Gasteiger partial charge on any atom is 0.235 e. The molecule has 0 amide bonds. The Bertz CT molecular complexity index is 398. The number of aliphatic imine (C=N–C) groups is 2. The second-order valence-corrected chi connectivity index (χ2v) is 3.09. The van der Waals surface area contributed by atoms with Crippen molar-refractivity contribution in [3.63, 3.8) is 0 Å². The molecular formula is C9H6N2O2. The van der Waals surface area contributed by atoms with Crippen LogP contribution in [0, 0.1) is 0 Å². The topological polar surface area (TPSA) is 58.9 Å². The standard InChI is InChI=1S/C9H6N2O2/c12-5-10-8-7-2-1-3-9(8,4-7)11-6-13/h1-3,8H,4H2. The van der Waals surface area contributed by atoms with E-state index in [1.54, 1.807) is 6.08 Å². The Morgan fingerprint density at radius 3 is 2.92 bits per heavy atom. The van der Waals surface area contributed by atoms with Crippen molar-refractivity contribution in [1.82, 2.24) is 0 Å². The van der Waals surface area contributed by atoms with Crippen molar-refractivity contribution in [2.75, 3.05) is 0 Å². The van der Waals surface area contributed by atoms with Crippen molar-refractivity contribution in [2.24, 2.45) is 9.98 Å². The molecule has 3 aliphatic rings. The normalized spacial score (nSPS) is 33.5. The van der Waals surface area contributed by atoms with Crippen molar-refractivity contribution < 1.29 is 9.59 Å². The zero-order valence-electron chi connectivity index (χ0n) is 6.73. The van der Waals surface area contributed by atoms with Gasteiger partial charge in [0.15, 0.2) is 0 Å². The molecular weight excluding hydrogens is 168 g/mol. The molecule has 64 valence electrons. The lowest BCUT2D eigenvalue weighted by Gasteiger charge is -2.44. The number of hydrogen-bond acceptors (Lipinski definition) is 4. The van der Waals surface area contributed by atoms with E-state index in [9.17, 15) is 9.59 Å². The van der Waals surface area contributed by atoms with Crippen molar-refractivity contribution in [3.8, 4) is 0 Å². The average molecular weight is 174 g/mol. The molecule has 3 aliphatic carbocycles. The van der Waals surface area contributed by atoms with Crippen LogP contribution in [0.1, 0.15) is 6.42 Å². The summed E-state index contributed by atoms with van der Waals surface area (Å²) < 4.78 is 0. The quantitative estimate of drug-likeness (QED) is 0.456. The molecule has 0 N–H and O–H groups in total.